The van der Waals surface area contributed by atoms with E-state index < -0.39 is 27.3 Å². The van der Waals surface area contributed by atoms with E-state index in [0.717, 1.165) is 6.07 Å². The summed E-state index contributed by atoms with van der Waals surface area (Å²) in [6.07, 6.45) is 0. The van der Waals surface area contributed by atoms with Crippen molar-refractivity contribution in [2.45, 2.75) is 25.0 Å². The second-order valence-electron chi connectivity index (χ2n) is 4.10. The topological polar surface area (TPSA) is 105 Å². The van der Waals surface area contributed by atoms with Gasteiger partial charge >= 0.3 is 0 Å². The van der Waals surface area contributed by atoms with Crippen molar-refractivity contribution in [3.63, 3.8) is 0 Å². The van der Waals surface area contributed by atoms with E-state index in [-0.39, 0.29) is 18.0 Å². The van der Waals surface area contributed by atoms with Crippen LogP contribution < -0.4 is 4.72 Å². The maximum absolute atomic E-state index is 14.0. The minimum absolute atomic E-state index is 0.0638. The fourth-order valence-corrected chi connectivity index (χ4v) is 3.35. The van der Waals surface area contributed by atoms with Crippen LogP contribution in [-0.2, 0) is 23.2 Å². The molecule has 0 bridgehead atoms. The van der Waals surface area contributed by atoms with Crippen LogP contribution in [0.5, 0.6) is 0 Å². The summed E-state index contributed by atoms with van der Waals surface area (Å²) in [5.74, 6) is -0.579. The highest BCUT2D eigenvalue weighted by molar-refractivity contribution is 9.10. The van der Waals surface area contributed by atoms with Crippen LogP contribution in [0.1, 0.15) is 17.3 Å². The molecule has 114 valence electrons. The van der Waals surface area contributed by atoms with Gasteiger partial charge in [-0.15, -0.1) is 0 Å². The highest BCUT2D eigenvalue weighted by Gasteiger charge is 2.22. The summed E-state index contributed by atoms with van der Waals surface area (Å²) in [5, 5.41) is 12.5. The van der Waals surface area contributed by atoms with Crippen LogP contribution in [0.3, 0.4) is 0 Å². The number of aliphatic hydroxyl groups is 1. The van der Waals surface area contributed by atoms with Crippen molar-refractivity contribution in [2.75, 3.05) is 0 Å². The van der Waals surface area contributed by atoms with Gasteiger partial charge in [0.15, 0.2) is 5.82 Å². The molecule has 0 saturated carbocycles. The smallest absolute Gasteiger partial charge is 0.244 e. The van der Waals surface area contributed by atoms with Crippen molar-refractivity contribution < 1.29 is 22.4 Å². The molecule has 0 aliphatic heterocycles. The lowest BCUT2D eigenvalue weighted by molar-refractivity contribution is 0.274. The summed E-state index contributed by atoms with van der Waals surface area (Å²) >= 11 is 3.07. The highest BCUT2D eigenvalue weighted by atomic mass is 79.9. The van der Waals surface area contributed by atoms with E-state index in [1.807, 2.05) is 0 Å². The first kappa shape index (κ1) is 16.0. The lowest BCUT2D eigenvalue weighted by Gasteiger charge is -2.09. The van der Waals surface area contributed by atoms with Crippen LogP contribution in [0.25, 0.3) is 0 Å². The molecule has 0 atom stereocenters. The van der Waals surface area contributed by atoms with Crippen LogP contribution in [-0.4, -0.2) is 23.7 Å². The Bertz CT molecular complexity index is 763. The first-order valence-corrected chi connectivity index (χ1v) is 7.98. The van der Waals surface area contributed by atoms with Gasteiger partial charge in [0.2, 0.25) is 15.9 Å². The van der Waals surface area contributed by atoms with Gasteiger partial charge in [-0.05, 0) is 19.1 Å². The molecule has 1 heterocycles. The second kappa shape index (κ2) is 6.18. The number of benzene rings is 1. The molecule has 1 aromatic heterocycles. The third kappa shape index (κ3) is 3.64. The molecule has 0 aliphatic rings. The zero-order valence-corrected chi connectivity index (χ0v) is 13.2. The molecule has 0 saturated heterocycles. The van der Waals surface area contributed by atoms with Crippen LogP contribution in [0.15, 0.2) is 26.0 Å². The van der Waals surface area contributed by atoms with E-state index in [9.17, 15) is 12.8 Å². The zero-order valence-electron chi connectivity index (χ0n) is 10.8. The van der Waals surface area contributed by atoms with E-state index in [1.165, 1.54) is 6.07 Å². The normalized spacial score (nSPS) is 11.8. The van der Waals surface area contributed by atoms with Gasteiger partial charge in [0.1, 0.15) is 10.7 Å². The molecule has 1 aromatic carbocycles. The minimum atomic E-state index is -4.13. The molecule has 0 spiro atoms. The Labute approximate surface area is 128 Å². The lowest BCUT2D eigenvalue weighted by Crippen LogP contribution is -2.25. The summed E-state index contributed by atoms with van der Waals surface area (Å²) in [7, 11) is -4.13. The van der Waals surface area contributed by atoms with Crippen molar-refractivity contribution in [3.05, 3.63) is 39.7 Å². The standard InChI is InChI=1S/C11H11BrFN3O4S/c1-6-15-10(20-16-6)4-14-21(18,19)9-3-8(12)2-7(5-17)11(9)13/h2-3,14,17H,4-5H2,1H3. The SMILES string of the molecule is Cc1noc(CNS(=O)(=O)c2cc(Br)cc(CO)c2F)n1. The molecule has 0 fully saturated rings. The Kier molecular flexibility index (Phi) is 4.71. The van der Waals surface area contributed by atoms with Crippen molar-refractivity contribution in [2.24, 2.45) is 0 Å². The number of hydrogen-bond donors (Lipinski definition) is 2. The number of nitrogens with zero attached hydrogens (tertiary/aromatic N) is 2. The number of nitrogens with one attached hydrogen (secondary N) is 1. The molecule has 10 heteroatoms. The van der Waals surface area contributed by atoms with Gasteiger partial charge in [0.25, 0.3) is 0 Å². The van der Waals surface area contributed by atoms with Crippen LogP contribution in [0.4, 0.5) is 4.39 Å². The number of hydrogen-bond acceptors (Lipinski definition) is 6. The monoisotopic (exact) mass is 379 g/mol. The average molecular weight is 380 g/mol. The Balaban J connectivity index is 2.29. The van der Waals surface area contributed by atoms with E-state index >= 15 is 0 Å². The predicted octanol–water partition coefficient (Wildman–Crippen LogP) is 1.25. The van der Waals surface area contributed by atoms with Gasteiger partial charge in [0.05, 0.1) is 13.2 Å². The first-order valence-electron chi connectivity index (χ1n) is 5.71. The van der Waals surface area contributed by atoms with E-state index in [0.29, 0.717) is 10.3 Å². The van der Waals surface area contributed by atoms with Gasteiger partial charge in [-0.25, -0.2) is 17.5 Å². The van der Waals surface area contributed by atoms with Crippen LogP contribution in [0.2, 0.25) is 0 Å². The summed E-state index contributed by atoms with van der Waals surface area (Å²) in [4.78, 5) is 3.26. The fraction of sp³-hybridized carbons (Fsp3) is 0.273. The third-order valence-corrected chi connectivity index (χ3v) is 4.38. The quantitative estimate of drug-likeness (QED) is 0.809. The predicted molar refractivity (Wildman–Crippen MR) is 73.1 cm³/mol. The van der Waals surface area contributed by atoms with Gasteiger partial charge in [0, 0.05) is 10.0 Å². The fourth-order valence-electron chi connectivity index (χ4n) is 1.58. The van der Waals surface area contributed by atoms with Gasteiger partial charge in [-0.2, -0.15) is 4.98 Å². The molecular formula is C11H11BrFN3O4S. The molecule has 2 rings (SSSR count). The van der Waals surface area contributed by atoms with E-state index in [4.69, 9.17) is 9.63 Å². The van der Waals surface area contributed by atoms with Gasteiger partial charge in [-0.1, -0.05) is 21.1 Å². The molecule has 7 nitrogen and oxygen atoms in total. The minimum Gasteiger partial charge on any atom is -0.392 e. The largest absolute Gasteiger partial charge is 0.392 e. The highest BCUT2D eigenvalue weighted by Crippen LogP contribution is 2.24. The molecule has 21 heavy (non-hydrogen) atoms. The number of aromatic nitrogens is 2. The molecule has 2 aromatic rings. The van der Waals surface area contributed by atoms with Crippen molar-refractivity contribution in [1.29, 1.82) is 0 Å². The third-order valence-electron chi connectivity index (χ3n) is 2.52. The zero-order chi connectivity index (χ0) is 15.6. The number of aryl methyl sites for hydroxylation is 1. The van der Waals surface area contributed by atoms with Crippen molar-refractivity contribution in [3.8, 4) is 0 Å². The first-order chi connectivity index (χ1) is 9.83. The molecule has 0 unspecified atom stereocenters. The van der Waals surface area contributed by atoms with Crippen molar-refractivity contribution in [1.82, 2.24) is 14.9 Å². The summed E-state index contributed by atoms with van der Waals surface area (Å²) in [6, 6.07) is 2.41. The maximum Gasteiger partial charge on any atom is 0.244 e. The van der Waals surface area contributed by atoms with E-state index in [2.05, 4.69) is 30.8 Å². The Morgan fingerprint density at radius 2 is 2.19 bits per heavy atom. The van der Waals surface area contributed by atoms with Gasteiger partial charge < -0.3 is 9.63 Å². The summed E-state index contributed by atoms with van der Waals surface area (Å²) < 4.78 is 45.5. The van der Waals surface area contributed by atoms with E-state index in [1.54, 1.807) is 6.92 Å². The molecule has 2 N–H and O–H groups in total. The molecular weight excluding hydrogens is 369 g/mol. The van der Waals surface area contributed by atoms with Gasteiger partial charge in [-0.3, -0.25) is 0 Å². The second-order valence-corrected chi connectivity index (χ2v) is 6.75. The summed E-state index contributed by atoms with van der Waals surface area (Å²) in [6.45, 7) is 0.712. The molecule has 0 amide bonds. The average Bonchev–Trinajstić information content (AvgIpc) is 2.84. The Morgan fingerprint density at radius 3 is 2.76 bits per heavy atom. The summed E-state index contributed by atoms with van der Waals surface area (Å²) in [5.41, 5.74) is -0.126. The molecule has 0 radical (unpaired) electrons. The number of aliphatic hydroxyl groups excluding tert-OH is 1. The number of rotatable bonds is 5. The van der Waals surface area contributed by atoms with Crippen LogP contribution >= 0.6 is 15.9 Å². The van der Waals surface area contributed by atoms with Crippen molar-refractivity contribution >= 4 is 26.0 Å². The Hall–Kier alpha value is -1.36. The maximum atomic E-state index is 14.0. The lowest BCUT2D eigenvalue weighted by atomic mass is 10.2. The number of halogens is 2. The Morgan fingerprint density at radius 1 is 1.48 bits per heavy atom. The number of sulfonamides is 1. The van der Waals surface area contributed by atoms with Crippen LogP contribution in [0, 0.1) is 12.7 Å². The molecule has 0 aliphatic carbocycles.